The first-order valence-electron chi connectivity index (χ1n) is 8.76. The van der Waals surface area contributed by atoms with Crippen molar-refractivity contribution in [3.63, 3.8) is 0 Å². The van der Waals surface area contributed by atoms with Crippen LogP contribution in [0.25, 0.3) is 0 Å². The van der Waals surface area contributed by atoms with E-state index in [-0.39, 0.29) is 11.9 Å². The number of hydrogen-bond acceptors (Lipinski definition) is 3. The van der Waals surface area contributed by atoms with Gasteiger partial charge in [0.15, 0.2) is 0 Å². The van der Waals surface area contributed by atoms with Crippen molar-refractivity contribution in [2.45, 2.75) is 38.6 Å². The van der Waals surface area contributed by atoms with Gasteiger partial charge in [-0.05, 0) is 56.0 Å². The maximum Gasteiger partial charge on any atom is 0.220 e. The number of carbonyl (C=O) groups is 1. The van der Waals surface area contributed by atoms with Crippen molar-refractivity contribution >= 4 is 11.6 Å². The van der Waals surface area contributed by atoms with Crippen molar-refractivity contribution in [3.8, 4) is 0 Å². The van der Waals surface area contributed by atoms with E-state index >= 15 is 0 Å². The monoisotopic (exact) mass is 323 g/mol. The molecule has 1 saturated heterocycles. The third kappa shape index (κ3) is 4.34. The zero-order valence-corrected chi connectivity index (χ0v) is 14.2. The number of pyridine rings is 1. The molecule has 0 saturated carbocycles. The number of aryl methyl sites for hydroxylation is 1. The maximum atomic E-state index is 12.2. The SMILES string of the molecule is CC(NC(=O)CCc1ccccn1)c1cccc(N2CCCC2)c1. The lowest BCUT2D eigenvalue weighted by Crippen LogP contribution is -2.27. The molecule has 1 N–H and O–H groups in total. The molecule has 126 valence electrons. The third-order valence-corrected chi connectivity index (χ3v) is 4.55. The molecule has 1 atom stereocenters. The van der Waals surface area contributed by atoms with Crippen molar-refractivity contribution in [1.82, 2.24) is 10.3 Å². The summed E-state index contributed by atoms with van der Waals surface area (Å²) in [7, 11) is 0. The molecule has 0 radical (unpaired) electrons. The van der Waals surface area contributed by atoms with Crippen molar-refractivity contribution in [3.05, 3.63) is 59.9 Å². The Hall–Kier alpha value is -2.36. The Morgan fingerprint density at radius 2 is 2.04 bits per heavy atom. The van der Waals surface area contributed by atoms with Gasteiger partial charge in [-0.2, -0.15) is 0 Å². The molecule has 1 unspecified atom stereocenters. The highest BCUT2D eigenvalue weighted by molar-refractivity contribution is 5.76. The number of aromatic nitrogens is 1. The van der Waals surface area contributed by atoms with E-state index in [1.54, 1.807) is 6.20 Å². The van der Waals surface area contributed by atoms with Crippen LogP contribution >= 0.6 is 0 Å². The molecular formula is C20H25N3O. The van der Waals surface area contributed by atoms with Crippen LogP contribution in [0.15, 0.2) is 48.7 Å². The molecule has 1 amide bonds. The van der Waals surface area contributed by atoms with Crippen molar-refractivity contribution in [1.29, 1.82) is 0 Å². The minimum Gasteiger partial charge on any atom is -0.372 e. The van der Waals surface area contributed by atoms with Crippen LogP contribution in [-0.2, 0) is 11.2 Å². The van der Waals surface area contributed by atoms with Crippen LogP contribution in [0, 0.1) is 0 Å². The number of amides is 1. The van der Waals surface area contributed by atoms with Crippen LogP contribution in [0.2, 0.25) is 0 Å². The van der Waals surface area contributed by atoms with Crippen LogP contribution < -0.4 is 10.2 Å². The Morgan fingerprint density at radius 3 is 2.79 bits per heavy atom. The molecule has 24 heavy (non-hydrogen) atoms. The normalized spacial score (nSPS) is 15.3. The number of anilines is 1. The van der Waals surface area contributed by atoms with E-state index in [9.17, 15) is 4.79 Å². The summed E-state index contributed by atoms with van der Waals surface area (Å²) < 4.78 is 0. The van der Waals surface area contributed by atoms with Crippen molar-refractivity contribution in [2.24, 2.45) is 0 Å². The molecule has 2 heterocycles. The topological polar surface area (TPSA) is 45.2 Å². The van der Waals surface area contributed by atoms with Crippen molar-refractivity contribution < 1.29 is 4.79 Å². The van der Waals surface area contributed by atoms with Crippen molar-refractivity contribution in [2.75, 3.05) is 18.0 Å². The van der Waals surface area contributed by atoms with Gasteiger partial charge >= 0.3 is 0 Å². The third-order valence-electron chi connectivity index (χ3n) is 4.55. The van der Waals surface area contributed by atoms with E-state index in [0.29, 0.717) is 12.8 Å². The second-order valence-electron chi connectivity index (χ2n) is 6.40. The van der Waals surface area contributed by atoms with Gasteiger partial charge in [-0.15, -0.1) is 0 Å². The highest BCUT2D eigenvalue weighted by Gasteiger charge is 2.15. The van der Waals surface area contributed by atoms with Gasteiger partial charge in [0.1, 0.15) is 0 Å². The van der Waals surface area contributed by atoms with Gasteiger partial charge in [-0.1, -0.05) is 18.2 Å². The summed E-state index contributed by atoms with van der Waals surface area (Å²) in [5, 5.41) is 3.10. The Bertz CT molecular complexity index is 666. The zero-order valence-electron chi connectivity index (χ0n) is 14.2. The fourth-order valence-electron chi connectivity index (χ4n) is 3.15. The summed E-state index contributed by atoms with van der Waals surface area (Å²) in [6.45, 7) is 4.31. The number of hydrogen-bond donors (Lipinski definition) is 1. The first-order valence-corrected chi connectivity index (χ1v) is 8.76. The molecule has 1 aromatic heterocycles. The number of rotatable bonds is 6. The van der Waals surface area contributed by atoms with Crippen LogP contribution in [0.3, 0.4) is 0 Å². The summed E-state index contributed by atoms with van der Waals surface area (Å²) in [5.41, 5.74) is 3.38. The summed E-state index contributed by atoms with van der Waals surface area (Å²) in [4.78, 5) is 18.9. The van der Waals surface area contributed by atoms with E-state index in [1.165, 1.54) is 18.5 Å². The quantitative estimate of drug-likeness (QED) is 0.885. The number of nitrogens with zero attached hydrogens (tertiary/aromatic N) is 2. The number of benzene rings is 1. The Balaban J connectivity index is 1.55. The maximum absolute atomic E-state index is 12.2. The first-order chi connectivity index (χ1) is 11.7. The number of nitrogens with one attached hydrogen (secondary N) is 1. The second kappa shape index (κ2) is 7.95. The minimum atomic E-state index is 0.0174. The first kappa shape index (κ1) is 16.5. The number of carbonyl (C=O) groups excluding carboxylic acids is 1. The lowest BCUT2D eigenvalue weighted by atomic mass is 10.1. The fourth-order valence-corrected chi connectivity index (χ4v) is 3.15. The average Bonchev–Trinajstić information content (AvgIpc) is 3.16. The van der Waals surface area contributed by atoms with Gasteiger partial charge in [0.2, 0.25) is 5.91 Å². The molecule has 0 spiro atoms. The van der Waals surface area contributed by atoms with Gasteiger partial charge in [0.25, 0.3) is 0 Å². The van der Waals surface area contributed by atoms with Gasteiger partial charge < -0.3 is 10.2 Å². The van der Waals surface area contributed by atoms with E-state index in [0.717, 1.165) is 24.3 Å². The van der Waals surface area contributed by atoms with Crippen LogP contribution in [0.5, 0.6) is 0 Å². The highest BCUT2D eigenvalue weighted by Crippen LogP contribution is 2.24. The predicted octanol–water partition coefficient (Wildman–Crippen LogP) is 3.49. The Kier molecular flexibility index (Phi) is 5.47. The van der Waals surface area contributed by atoms with Crippen LogP contribution in [0.4, 0.5) is 5.69 Å². The Labute approximate surface area is 143 Å². The van der Waals surface area contributed by atoms with Crippen LogP contribution in [-0.4, -0.2) is 24.0 Å². The van der Waals surface area contributed by atoms with Gasteiger partial charge in [0, 0.05) is 37.1 Å². The van der Waals surface area contributed by atoms with Crippen LogP contribution in [0.1, 0.15) is 43.5 Å². The molecule has 1 aliphatic heterocycles. The standard InChI is InChI=1S/C20H25N3O/c1-16(22-20(24)11-10-18-8-2-3-12-21-18)17-7-6-9-19(15-17)23-13-4-5-14-23/h2-3,6-9,12,15-16H,4-5,10-11,13-14H2,1H3,(H,22,24). The minimum absolute atomic E-state index is 0.0174. The molecule has 1 aliphatic rings. The van der Waals surface area contributed by atoms with Gasteiger partial charge in [0.05, 0.1) is 6.04 Å². The van der Waals surface area contributed by atoms with E-state index in [2.05, 4.69) is 39.5 Å². The molecule has 4 heteroatoms. The fraction of sp³-hybridized carbons (Fsp3) is 0.400. The van der Waals surface area contributed by atoms with E-state index in [4.69, 9.17) is 0 Å². The highest BCUT2D eigenvalue weighted by atomic mass is 16.1. The van der Waals surface area contributed by atoms with E-state index in [1.807, 2.05) is 25.1 Å². The molecule has 1 aromatic carbocycles. The lowest BCUT2D eigenvalue weighted by molar-refractivity contribution is -0.121. The average molecular weight is 323 g/mol. The largest absolute Gasteiger partial charge is 0.372 e. The van der Waals surface area contributed by atoms with E-state index < -0.39 is 0 Å². The lowest BCUT2D eigenvalue weighted by Gasteiger charge is -2.20. The summed E-state index contributed by atoms with van der Waals surface area (Å²) in [5.74, 6) is 0.0692. The van der Waals surface area contributed by atoms with Gasteiger partial charge in [-0.25, -0.2) is 0 Å². The predicted molar refractivity (Wildman–Crippen MR) is 97.0 cm³/mol. The summed E-state index contributed by atoms with van der Waals surface area (Å²) in [6, 6.07) is 14.3. The molecule has 3 rings (SSSR count). The molecule has 4 nitrogen and oxygen atoms in total. The second-order valence-corrected chi connectivity index (χ2v) is 6.40. The smallest absolute Gasteiger partial charge is 0.220 e. The molecule has 0 aliphatic carbocycles. The zero-order chi connectivity index (χ0) is 16.8. The Morgan fingerprint density at radius 1 is 1.21 bits per heavy atom. The molecule has 1 fully saturated rings. The molecule has 0 bridgehead atoms. The summed E-state index contributed by atoms with van der Waals surface area (Å²) in [6.07, 6.45) is 5.44. The summed E-state index contributed by atoms with van der Waals surface area (Å²) >= 11 is 0. The van der Waals surface area contributed by atoms with Gasteiger partial charge in [-0.3, -0.25) is 9.78 Å². The molecule has 2 aromatic rings. The molecular weight excluding hydrogens is 298 g/mol.